The molecule has 0 radical (unpaired) electrons. The number of aromatic hydroxyl groups is 2. The van der Waals surface area contributed by atoms with Crippen molar-refractivity contribution in [3.63, 3.8) is 0 Å². The predicted octanol–water partition coefficient (Wildman–Crippen LogP) is 1.51. The zero-order chi connectivity index (χ0) is 14.7. The number of hydrogen-bond donors (Lipinski definition) is 2. The van der Waals surface area contributed by atoms with Crippen molar-refractivity contribution in [2.45, 2.75) is 12.8 Å². The quantitative estimate of drug-likeness (QED) is 0.823. The molecule has 1 saturated heterocycles. The van der Waals surface area contributed by atoms with Gasteiger partial charge in [-0.25, -0.2) is 0 Å². The maximum absolute atomic E-state index is 12.3. The van der Waals surface area contributed by atoms with Gasteiger partial charge in [-0.05, 0) is 51.1 Å². The van der Waals surface area contributed by atoms with Crippen molar-refractivity contribution in [1.29, 1.82) is 0 Å². The summed E-state index contributed by atoms with van der Waals surface area (Å²) in [6, 6.07) is 4.04. The average molecular weight is 278 g/mol. The van der Waals surface area contributed by atoms with E-state index in [0.29, 0.717) is 19.0 Å². The lowest BCUT2D eigenvalue weighted by atomic mass is 9.96. The van der Waals surface area contributed by atoms with Crippen molar-refractivity contribution in [3.8, 4) is 11.5 Å². The van der Waals surface area contributed by atoms with Crippen LogP contribution in [0.2, 0.25) is 0 Å². The molecule has 5 nitrogen and oxygen atoms in total. The van der Waals surface area contributed by atoms with Crippen molar-refractivity contribution in [2.75, 3.05) is 33.7 Å². The molecular weight excluding hydrogens is 256 g/mol. The minimum absolute atomic E-state index is 0.00589. The van der Waals surface area contributed by atoms with E-state index in [1.165, 1.54) is 18.2 Å². The molecular formula is C15H22N2O3. The van der Waals surface area contributed by atoms with Crippen LogP contribution in [0.25, 0.3) is 0 Å². The Morgan fingerprint density at radius 3 is 2.55 bits per heavy atom. The molecule has 0 unspecified atom stereocenters. The average Bonchev–Trinajstić information content (AvgIpc) is 2.41. The number of nitrogens with zero attached hydrogens (tertiary/aromatic N) is 2. The number of carbonyl (C=O) groups excluding carboxylic acids is 1. The van der Waals surface area contributed by atoms with Crippen LogP contribution in [0.1, 0.15) is 23.2 Å². The highest BCUT2D eigenvalue weighted by Crippen LogP contribution is 2.26. The largest absolute Gasteiger partial charge is 0.508 e. The highest BCUT2D eigenvalue weighted by atomic mass is 16.3. The molecule has 5 heteroatoms. The summed E-state index contributed by atoms with van der Waals surface area (Å²) in [5.74, 6) is 0.324. The molecule has 1 aliphatic rings. The topological polar surface area (TPSA) is 64.0 Å². The number of benzene rings is 1. The summed E-state index contributed by atoms with van der Waals surface area (Å²) < 4.78 is 0. The Morgan fingerprint density at radius 2 is 1.95 bits per heavy atom. The summed E-state index contributed by atoms with van der Waals surface area (Å²) in [6.45, 7) is 2.44. The van der Waals surface area contributed by atoms with Crippen molar-refractivity contribution >= 4 is 5.91 Å². The standard InChI is InChI=1S/C15H22N2O3/c1-16(2)10-11-5-7-17(8-6-11)15(20)13-9-12(18)3-4-14(13)19/h3-4,9,11,18-19H,5-8,10H2,1-2H3. The lowest BCUT2D eigenvalue weighted by Gasteiger charge is -2.33. The third-order valence-corrected chi connectivity index (χ3v) is 3.74. The number of likely N-dealkylation sites (tertiary alicyclic amines) is 1. The van der Waals surface area contributed by atoms with Gasteiger partial charge in [-0.2, -0.15) is 0 Å². The van der Waals surface area contributed by atoms with E-state index in [9.17, 15) is 15.0 Å². The zero-order valence-corrected chi connectivity index (χ0v) is 12.0. The Morgan fingerprint density at radius 1 is 1.30 bits per heavy atom. The fourth-order valence-electron chi connectivity index (χ4n) is 2.70. The van der Waals surface area contributed by atoms with Crippen molar-refractivity contribution in [2.24, 2.45) is 5.92 Å². The molecule has 1 aromatic carbocycles. The van der Waals surface area contributed by atoms with Gasteiger partial charge in [0.05, 0.1) is 5.56 Å². The molecule has 0 bridgehead atoms. The third-order valence-electron chi connectivity index (χ3n) is 3.74. The highest BCUT2D eigenvalue weighted by molar-refractivity contribution is 5.97. The molecule has 110 valence electrons. The van der Waals surface area contributed by atoms with Crippen molar-refractivity contribution in [3.05, 3.63) is 23.8 Å². The zero-order valence-electron chi connectivity index (χ0n) is 12.0. The second kappa shape index (κ2) is 6.13. The maximum Gasteiger partial charge on any atom is 0.257 e. The number of hydrogen-bond acceptors (Lipinski definition) is 4. The smallest absolute Gasteiger partial charge is 0.257 e. The molecule has 1 heterocycles. The first-order valence-corrected chi connectivity index (χ1v) is 6.93. The molecule has 1 aromatic rings. The van der Waals surface area contributed by atoms with E-state index >= 15 is 0 Å². The van der Waals surface area contributed by atoms with E-state index in [1.54, 1.807) is 4.90 Å². The van der Waals surface area contributed by atoms with Crippen molar-refractivity contribution < 1.29 is 15.0 Å². The van der Waals surface area contributed by atoms with E-state index in [0.717, 1.165) is 19.4 Å². The molecule has 2 N–H and O–H groups in total. The van der Waals surface area contributed by atoms with Gasteiger partial charge in [0.2, 0.25) is 0 Å². The Hall–Kier alpha value is -1.75. The first kappa shape index (κ1) is 14.7. The summed E-state index contributed by atoms with van der Waals surface area (Å²) in [5, 5.41) is 19.2. The van der Waals surface area contributed by atoms with Gasteiger partial charge in [-0.1, -0.05) is 0 Å². The first-order chi connectivity index (χ1) is 9.47. The number of rotatable bonds is 3. The molecule has 0 spiro atoms. The minimum Gasteiger partial charge on any atom is -0.508 e. The van der Waals surface area contributed by atoms with Crippen LogP contribution in [0.3, 0.4) is 0 Å². The van der Waals surface area contributed by atoms with Gasteiger partial charge in [0.1, 0.15) is 11.5 Å². The summed E-state index contributed by atoms with van der Waals surface area (Å²) in [5.41, 5.74) is 0.177. The van der Waals surface area contributed by atoms with Crippen LogP contribution in [-0.2, 0) is 0 Å². The second-order valence-corrected chi connectivity index (χ2v) is 5.70. The summed E-state index contributed by atoms with van der Waals surface area (Å²) in [4.78, 5) is 16.3. The molecule has 2 rings (SSSR count). The van der Waals surface area contributed by atoms with Gasteiger partial charge in [0.25, 0.3) is 5.91 Å². The number of amides is 1. The van der Waals surface area contributed by atoms with E-state index in [1.807, 2.05) is 0 Å². The molecule has 0 atom stereocenters. The Labute approximate surface area is 119 Å². The second-order valence-electron chi connectivity index (χ2n) is 5.70. The van der Waals surface area contributed by atoms with Crippen molar-refractivity contribution in [1.82, 2.24) is 9.80 Å². The summed E-state index contributed by atoms with van der Waals surface area (Å²) in [7, 11) is 4.12. The van der Waals surface area contributed by atoms with E-state index < -0.39 is 0 Å². The molecule has 1 aliphatic heterocycles. The van der Waals surface area contributed by atoms with Gasteiger partial charge >= 0.3 is 0 Å². The Balaban J connectivity index is 2.00. The lowest BCUT2D eigenvalue weighted by Crippen LogP contribution is -2.40. The van der Waals surface area contributed by atoms with Crippen LogP contribution >= 0.6 is 0 Å². The lowest BCUT2D eigenvalue weighted by molar-refractivity contribution is 0.0674. The first-order valence-electron chi connectivity index (χ1n) is 6.93. The molecule has 0 saturated carbocycles. The van der Waals surface area contributed by atoms with E-state index in [4.69, 9.17) is 0 Å². The van der Waals surface area contributed by atoms with Gasteiger partial charge in [0.15, 0.2) is 0 Å². The van der Waals surface area contributed by atoms with Gasteiger partial charge in [0, 0.05) is 19.6 Å². The third kappa shape index (κ3) is 3.42. The van der Waals surface area contributed by atoms with Crippen LogP contribution in [0.5, 0.6) is 11.5 Å². The SMILES string of the molecule is CN(C)CC1CCN(C(=O)c2cc(O)ccc2O)CC1. The van der Waals surface area contributed by atoms with E-state index in [2.05, 4.69) is 19.0 Å². The van der Waals surface area contributed by atoms with Crippen LogP contribution in [0.4, 0.5) is 0 Å². The summed E-state index contributed by atoms with van der Waals surface area (Å²) in [6.07, 6.45) is 1.95. The van der Waals surface area contributed by atoms with Crippen LogP contribution in [-0.4, -0.2) is 59.6 Å². The number of phenolic OH excluding ortho intramolecular Hbond substituents is 2. The molecule has 20 heavy (non-hydrogen) atoms. The van der Waals surface area contributed by atoms with Gasteiger partial charge < -0.3 is 20.0 Å². The molecule has 0 aromatic heterocycles. The normalized spacial score (nSPS) is 16.6. The minimum atomic E-state index is -0.207. The fraction of sp³-hybridized carbons (Fsp3) is 0.533. The number of phenols is 2. The van der Waals surface area contributed by atoms with Gasteiger partial charge in [-0.15, -0.1) is 0 Å². The Bertz CT molecular complexity index is 480. The predicted molar refractivity (Wildman–Crippen MR) is 77.0 cm³/mol. The highest BCUT2D eigenvalue weighted by Gasteiger charge is 2.25. The monoisotopic (exact) mass is 278 g/mol. The van der Waals surface area contributed by atoms with Crippen LogP contribution < -0.4 is 0 Å². The number of carbonyl (C=O) groups is 1. The molecule has 1 amide bonds. The summed E-state index contributed by atoms with van der Waals surface area (Å²) >= 11 is 0. The van der Waals surface area contributed by atoms with Crippen LogP contribution in [0, 0.1) is 5.92 Å². The maximum atomic E-state index is 12.3. The Kier molecular flexibility index (Phi) is 4.49. The van der Waals surface area contributed by atoms with Gasteiger partial charge in [-0.3, -0.25) is 4.79 Å². The van der Waals surface area contributed by atoms with E-state index in [-0.39, 0.29) is 23.0 Å². The molecule has 0 aliphatic carbocycles. The molecule has 1 fully saturated rings. The fourth-order valence-corrected chi connectivity index (χ4v) is 2.70. The van der Waals surface area contributed by atoms with Crippen LogP contribution in [0.15, 0.2) is 18.2 Å². The number of piperidine rings is 1.